The molecule has 1 aromatic rings. The number of rotatable bonds is 5. The highest BCUT2D eigenvalue weighted by molar-refractivity contribution is 5.94. The highest BCUT2D eigenvalue weighted by atomic mass is 16.1. The molecule has 0 spiro atoms. The fourth-order valence-corrected chi connectivity index (χ4v) is 2.46. The lowest BCUT2D eigenvalue weighted by Gasteiger charge is -2.28. The maximum Gasteiger partial charge on any atom is 0.251 e. The fraction of sp³-hybridized carbons (Fsp3) is 0.562. The molecule has 3 nitrogen and oxygen atoms in total. The standard InChI is InChI=1S/C16H24N2O/c1-2-3-11-17-16(19)14-7-9-15(10-8-14)18-12-5-4-6-13-18/h7-10H,2-6,11-13H2,1H3,(H,17,19). The fourth-order valence-electron chi connectivity index (χ4n) is 2.46. The van der Waals surface area contributed by atoms with E-state index < -0.39 is 0 Å². The molecule has 1 saturated heterocycles. The van der Waals surface area contributed by atoms with Crippen molar-refractivity contribution >= 4 is 11.6 Å². The van der Waals surface area contributed by atoms with E-state index in [4.69, 9.17) is 0 Å². The number of nitrogens with one attached hydrogen (secondary N) is 1. The molecule has 1 aliphatic heterocycles. The third-order valence-corrected chi connectivity index (χ3v) is 3.67. The number of nitrogens with zero attached hydrogens (tertiary/aromatic N) is 1. The van der Waals surface area contributed by atoms with Gasteiger partial charge in [-0.25, -0.2) is 0 Å². The van der Waals surface area contributed by atoms with Gasteiger partial charge in [0, 0.05) is 30.9 Å². The van der Waals surface area contributed by atoms with E-state index in [1.54, 1.807) is 0 Å². The number of benzene rings is 1. The lowest BCUT2D eigenvalue weighted by Crippen LogP contribution is -2.29. The first kappa shape index (κ1) is 13.9. The number of hydrogen-bond acceptors (Lipinski definition) is 2. The van der Waals surface area contributed by atoms with Crippen LogP contribution in [0.1, 0.15) is 49.4 Å². The summed E-state index contributed by atoms with van der Waals surface area (Å²) in [6.07, 6.45) is 6.04. The van der Waals surface area contributed by atoms with Crippen molar-refractivity contribution in [3.63, 3.8) is 0 Å². The minimum Gasteiger partial charge on any atom is -0.372 e. The van der Waals surface area contributed by atoms with Crippen LogP contribution in [0.25, 0.3) is 0 Å². The molecule has 0 radical (unpaired) electrons. The molecule has 1 aliphatic rings. The van der Waals surface area contributed by atoms with Crippen LogP contribution in [0.2, 0.25) is 0 Å². The minimum absolute atomic E-state index is 0.0404. The van der Waals surface area contributed by atoms with E-state index in [1.165, 1.54) is 24.9 Å². The summed E-state index contributed by atoms with van der Waals surface area (Å²) in [6.45, 7) is 5.17. The van der Waals surface area contributed by atoms with Gasteiger partial charge in [-0.3, -0.25) is 4.79 Å². The maximum atomic E-state index is 11.9. The summed E-state index contributed by atoms with van der Waals surface area (Å²) in [6, 6.07) is 8.01. The molecule has 0 unspecified atom stereocenters. The van der Waals surface area contributed by atoms with Gasteiger partial charge in [0.05, 0.1) is 0 Å². The Labute approximate surface area is 116 Å². The first-order valence-electron chi connectivity index (χ1n) is 7.44. The van der Waals surface area contributed by atoms with Gasteiger partial charge in [-0.1, -0.05) is 13.3 Å². The molecule has 1 N–H and O–H groups in total. The van der Waals surface area contributed by atoms with E-state index in [-0.39, 0.29) is 5.91 Å². The predicted octanol–water partition coefficient (Wildman–Crippen LogP) is 3.21. The van der Waals surface area contributed by atoms with E-state index in [0.29, 0.717) is 0 Å². The molecule has 0 atom stereocenters. The summed E-state index contributed by atoms with van der Waals surface area (Å²) in [5, 5.41) is 2.95. The molecule has 1 amide bonds. The van der Waals surface area contributed by atoms with Crippen molar-refractivity contribution < 1.29 is 4.79 Å². The summed E-state index contributed by atoms with van der Waals surface area (Å²) < 4.78 is 0. The van der Waals surface area contributed by atoms with E-state index >= 15 is 0 Å². The summed E-state index contributed by atoms with van der Waals surface area (Å²) >= 11 is 0. The Bertz CT molecular complexity index is 394. The second kappa shape index (κ2) is 7.17. The van der Waals surface area contributed by atoms with Crippen molar-refractivity contribution in [3.05, 3.63) is 29.8 Å². The quantitative estimate of drug-likeness (QED) is 0.825. The van der Waals surface area contributed by atoms with Crippen LogP contribution in [0.5, 0.6) is 0 Å². The monoisotopic (exact) mass is 260 g/mol. The molecule has 0 saturated carbocycles. The molecule has 2 rings (SSSR count). The average molecular weight is 260 g/mol. The van der Waals surface area contributed by atoms with Crippen molar-refractivity contribution in [1.29, 1.82) is 0 Å². The van der Waals surface area contributed by atoms with Crippen LogP contribution in [0.4, 0.5) is 5.69 Å². The molecule has 1 aromatic carbocycles. The molecular formula is C16H24N2O. The maximum absolute atomic E-state index is 11.9. The van der Waals surface area contributed by atoms with Gasteiger partial charge in [-0.05, 0) is 49.9 Å². The van der Waals surface area contributed by atoms with E-state index in [2.05, 4.69) is 29.3 Å². The smallest absolute Gasteiger partial charge is 0.251 e. The lowest BCUT2D eigenvalue weighted by molar-refractivity contribution is 0.0953. The van der Waals surface area contributed by atoms with Crippen molar-refractivity contribution in [3.8, 4) is 0 Å². The van der Waals surface area contributed by atoms with Crippen molar-refractivity contribution in [1.82, 2.24) is 5.32 Å². The molecule has 1 fully saturated rings. The van der Waals surface area contributed by atoms with E-state index in [0.717, 1.165) is 38.0 Å². The average Bonchev–Trinajstić information content (AvgIpc) is 2.48. The van der Waals surface area contributed by atoms with Gasteiger partial charge in [-0.2, -0.15) is 0 Å². The zero-order valence-corrected chi connectivity index (χ0v) is 11.8. The predicted molar refractivity (Wildman–Crippen MR) is 79.7 cm³/mol. The number of anilines is 1. The molecule has 104 valence electrons. The van der Waals surface area contributed by atoms with Crippen LogP contribution < -0.4 is 10.2 Å². The lowest BCUT2D eigenvalue weighted by atomic mass is 10.1. The molecule has 19 heavy (non-hydrogen) atoms. The number of carbonyl (C=O) groups is 1. The number of amides is 1. The van der Waals surface area contributed by atoms with E-state index in [9.17, 15) is 4.79 Å². The van der Waals surface area contributed by atoms with Gasteiger partial charge in [-0.15, -0.1) is 0 Å². The Balaban J connectivity index is 1.91. The molecule has 0 aromatic heterocycles. The van der Waals surface area contributed by atoms with Gasteiger partial charge in [0.1, 0.15) is 0 Å². The Morgan fingerprint density at radius 3 is 2.47 bits per heavy atom. The Hall–Kier alpha value is -1.51. The first-order valence-corrected chi connectivity index (χ1v) is 7.44. The molecule has 3 heteroatoms. The minimum atomic E-state index is 0.0404. The van der Waals surface area contributed by atoms with E-state index in [1.807, 2.05) is 12.1 Å². The van der Waals surface area contributed by atoms with Gasteiger partial charge in [0.2, 0.25) is 0 Å². The second-order valence-electron chi connectivity index (χ2n) is 5.20. The zero-order valence-electron chi connectivity index (χ0n) is 11.8. The highest BCUT2D eigenvalue weighted by Gasteiger charge is 2.11. The Kier molecular flexibility index (Phi) is 5.25. The van der Waals surface area contributed by atoms with Crippen LogP contribution >= 0.6 is 0 Å². The van der Waals surface area contributed by atoms with Gasteiger partial charge in [0.25, 0.3) is 5.91 Å². The largest absolute Gasteiger partial charge is 0.372 e. The highest BCUT2D eigenvalue weighted by Crippen LogP contribution is 2.20. The van der Waals surface area contributed by atoms with Crippen LogP contribution in [0.15, 0.2) is 24.3 Å². The van der Waals surface area contributed by atoms with Crippen LogP contribution in [-0.2, 0) is 0 Å². The SMILES string of the molecule is CCCCNC(=O)c1ccc(N2CCCCC2)cc1. The molecule has 0 aliphatic carbocycles. The zero-order chi connectivity index (χ0) is 13.5. The number of hydrogen-bond donors (Lipinski definition) is 1. The molecule has 0 bridgehead atoms. The molecular weight excluding hydrogens is 236 g/mol. The van der Waals surface area contributed by atoms with Crippen LogP contribution in [-0.4, -0.2) is 25.5 Å². The number of carbonyl (C=O) groups excluding carboxylic acids is 1. The van der Waals surface area contributed by atoms with Crippen molar-refractivity contribution in [2.24, 2.45) is 0 Å². The van der Waals surface area contributed by atoms with Gasteiger partial charge < -0.3 is 10.2 Å². The third kappa shape index (κ3) is 3.98. The van der Waals surface area contributed by atoms with Gasteiger partial charge >= 0.3 is 0 Å². The van der Waals surface area contributed by atoms with Crippen molar-refractivity contribution in [2.75, 3.05) is 24.5 Å². The summed E-state index contributed by atoms with van der Waals surface area (Å²) in [5.41, 5.74) is 2.00. The Morgan fingerprint density at radius 1 is 1.16 bits per heavy atom. The number of piperidine rings is 1. The first-order chi connectivity index (χ1) is 9.31. The second-order valence-corrected chi connectivity index (χ2v) is 5.20. The normalized spacial score (nSPS) is 15.3. The van der Waals surface area contributed by atoms with Crippen molar-refractivity contribution in [2.45, 2.75) is 39.0 Å². The van der Waals surface area contributed by atoms with Crippen LogP contribution in [0, 0.1) is 0 Å². The summed E-state index contributed by atoms with van der Waals surface area (Å²) in [5.74, 6) is 0.0404. The summed E-state index contributed by atoms with van der Waals surface area (Å²) in [4.78, 5) is 14.3. The third-order valence-electron chi connectivity index (χ3n) is 3.67. The molecule has 1 heterocycles. The number of unbranched alkanes of at least 4 members (excludes halogenated alkanes) is 1. The van der Waals surface area contributed by atoms with Crippen LogP contribution in [0.3, 0.4) is 0 Å². The topological polar surface area (TPSA) is 32.3 Å². The Morgan fingerprint density at radius 2 is 1.84 bits per heavy atom. The summed E-state index contributed by atoms with van der Waals surface area (Å²) in [7, 11) is 0. The van der Waals surface area contributed by atoms with Gasteiger partial charge in [0.15, 0.2) is 0 Å².